The summed E-state index contributed by atoms with van der Waals surface area (Å²) in [6.45, 7) is 5.77. The predicted octanol–water partition coefficient (Wildman–Crippen LogP) is 5.58. The average molecular weight is 308 g/mol. The van der Waals surface area contributed by atoms with Crippen LogP contribution in [0.3, 0.4) is 0 Å². The van der Waals surface area contributed by atoms with Crippen LogP contribution in [-0.4, -0.2) is 4.57 Å². The Balaban J connectivity index is 2.05. The number of aromatic nitrogens is 2. The van der Waals surface area contributed by atoms with Crippen molar-refractivity contribution in [2.75, 3.05) is 0 Å². The van der Waals surface area contributed by atoms with Crippen molar-refractivity contribution in [1.29, 1.82) is 0 Å². The Hall–Kier alpha value is -0.790. The monoisotopic (exact) mass is 307 g/mol. The topological polar surface area (TPSA) is 8.81 Å². The quantitative estimate of drug-likeness (QED) is 0.313. The van der Waals surface area contributed by atoms with Crippen LogP contribution in [-0.2, 0) is 20.0 Å². The van der Waals surface area contributed by atoms with Gasteiger partial charge in [-0.1, -0.05) is 71.6 Å². The van der Waals surface area contributed by atoms with Crippen molar-refractivity contribution >= 4 is 0 Å². The zero-order chi connectivity index (χ0) is 16.0. The van der Waals surface area contributed by atoms with E-state index in [1.165, 1.54) is 95.8 Å². The van der Waals surface area contributed by atoms with Crippen LogP contribution in [0.5, 0.6) is 0 Å². The van der Waals surface area contributed by atoms with Gasteiger partial charge in [-0.3, -0.25) is 0 Å². The molecule has 2 heteroatoms. The van der Waals surface area contributed by atoms with Crippen LogP contribution >= 0.6 is 0 Å². The van der Waals surface area contributed by atoms with Gasteiger partial charge in [0.2, 0.25) is 0 Å². The molecule has 0 saturated carbocycles. The first-order chi connectivity index (χ1) is 10.8. The van der Waals surface area contributed by atoms with Crippen molar-refractivity contribution < 1.29 is 4.57 Å². The van der Waals surface area contributed by atoms with Crippen molar-refractivity contribution in [2.45, 2.75) is 104 Å². The number of unbranched alkanes of at least 4 members (excludes halogenated alkanes) is 10. The molecule has 0 spiro atoms. The highest BCUT2D eigenvalue weighted by Crippen LogP contribution is 2.10. The van der Waals surface area contributed by atoms with Crippen LogP contribution < -0.4 is 4.57 Å². The molecule has 1 heterocycles. The third kappa shape index (κ3) is 8.00. The van der Waals surface area contributed by atoms with E-state index in [0.717, 1.165) is 0 Å². The number of hydrogen-bond donors (Lipinski definition) is 0. The molecule has 0 saturated heterocycles. The maximum absolute atomic E-state index is 2.47. The zero-order valence-electron chi connectivity index (χ0n) is 15.4. The molecule has 1 aromatic heterocycles. The van der Waals surface area contributed by atoms with Crippen molar-refractivity contribution in [3.63, 3.8) is 0 Å². The van der Waals surface area contributed by atoms with Gasteiger partial charge in [-0.25, -0.2) is 9.13 Å². The van der Waals surface area contributed by atoms with Crippen LogP contribution in [0.1, 0.15) is 96.7 Å². The Labute approximate surface area is 138 Å². The van der Waals surface area contributed by atoms with E-state index in [2.05, 4.69) is 42.4 Å². The fraction of sp³-hybridized carbons (Fsp3) is 0.850. The molecular formula is C20H39N2+. The fourth-order valence-corrected chi connectivity index (χ4v) is 3.18. The van der Waals surface area contributed by atoms with Gasteiger partial charge in [-0.05, 0) is 19.3 Å². The second-order valence-electron chi connectivity index (χ2n) is 6.80. The Morgan fingerprint density at radius 2 is 1.32 bits per heavy atom. The lowest BCUT2D eigenvalue weighted by Gasteiger charge is -2.04. The van der Waals surface area contributed by atoms with Gasteiger partial charge in [0.1, 0.15) is 12.4 Å². The smallest absolute Gasteiger partial charge is 0.237 e. The van der Waals surface area contributed by atoms with Crippen molar-refractivity contribution in [3.05, 3.63) is 18.2 Å². The number of nitrogens with zero attached hydrogens (tertiary/aromatic N) is 2. The predicted molar refractivity (Wildman–Crippen MR) is 96.1 cm³/mol. The van der Waals surface area contributed by atoms with Crippen molar-refractivity contribution in [3.8, 4) is 0 Å². The van der Waals surface area contributed by atoms with E-state index < -0.39 is 0 Å². The lowest BCUT2D eigenvalue weighted by atomic mass is 10.1. The number of imidazole rings is 1. The summed E-state index contributed by atoms with van der Waals surface area (Å²) in [5, 5.41) is 0. The van der Waals surface area contributed by atoms with E-state index in [1.54, 1.807) is 0 Å². The van der Waals surface area contributed by atoms with Gasteiger partial charge in [0.25, 0.3) is 5.82 Å². The average Bonchev–Trinajstić information content (AvgIpc) is 2.87. The van der Waals surface area contributed by atoms with Crippen LogP contribution in [0.4, 0.5) is 0 Å². The second-order valence-corrected chi connectivity index (χ2v) is 6.80. The highest BCUT2D eigenvalue weighted by molar-refractivity contribution is 4.82. The first-order valence-corrected chi connectivity index (χ1v) is 9.83. The van der Waals surface area contributed by atoms with E-state index in [9.17, 15) is 0 Å². The molecule has 0 unspecified atom stereocenters. The van der Waals surface area contributed by atoms with Crippen molar-refractivity contribution in [1.82, 2.24) is 4.57 Å². The molecule has 1 rings (SSSR count). The van der Waals surface area contributed by atoms with Crippen LogP contribution in [0.15, 0.2) is 12.4 Å². The molecule has 2 nitrogen and oxygen atoms in total. The lowest BCUT2D eigenvalue weighted by molar-refractivity contribution is -0.704. The third-order valence-electron chi connectivity index (χ3n) is 4.72. The molecule has 0 radical (unpaired) electrons. The zero-order valence-corrected chi connectivity index (χ0v) is 15.4. The first-order valence-electron chi connectivity index (χ1n) is 9.83. The highest BCUT2D eigenvalue weighted by atomic mass is 15.1. The molecule has 0 N–H and O–H groups in total. The van der Waals surface area contributed by atoms with Gasteiger partial charge in [0.15, 0.2) is 0 Å². The number of hydrogen-bond acceptors (Lipinski definition) is 0. The van der Waals surface area contributed by atoms with E-state index in [-0.39, 0.29) is 0 Å². The van der Waals surface area contributed by atoms with E-state index in [4.69, 9.17) is 0 Å². The summed E-state index contributed by atoms with van der Waals surface area (Å²) < 4.78 is 4.77. The molecule has 0 aliphatic carbocycles. The summed E-state index contributed by atoms with van der Waals surface area (Å²) in [7, 11) is 2.18. The van der Waals surface area contributed by atoms with Crippen LogP contribution in [0.2, 0.25) is 0 Å². The van der Waals surface area contributed by atoms with Gasteiger partial charge in [-0.15, -0.1) is 0 Å². The Kier molecular flexibility index (Phi) is 11.1. The first kappa shape index (κ1) is 19.3. The van der Waals surface area contributed by atoms with E-state index in [1.807, 2.05) is 0 Å². The molecule has 128 valence electrons. The molecule has 0 aromatic carbocycles. The summed E-state index contributed by atoms with van der Waals surface area (Å²) in [5.41, 5.74) is 0. The van der Waals surface area contributed by atoms with Crippen LogP contribution in [0.25, 0.3) is 0 Å². The maximum atomic E-state index is 2.47. The molecule has 0 aliphatic rings. The van der Waals surface area contributed by atoms with E-state index in [0.29, 0.717) is 0 Å². The molecule has 0 aliphatic heterocycles. The van der Waals surface area contributed by atoms with Gasteiger partial charge in [-0.2, -0.15) is 0 Å². The lowest BCUT2D eigenvalue weighted by Crippen LogP contribution is -2.37. The van der Waals surface area contributed by atoms with Gasteiger partial charge < -0.3 is 0 Å². The standard InChI is InChI=1S/C20H39N2/c1-4-6-8-9-10-11-12-13-14-15-17-22-19-18-21(3)20(22)16-7-5-2/h18-19H,4-17H2,1-3H3/q+1. The number of aryl methyl sites for hydroxylation is 2. The summed E-state index contributed by atoms with van der Waals surface area (Å²) in [5.74, 6) is 1.50. The largest absolute Gasteiger partial charge is 0.256 e. The number of rotatable bonds is 14. The SMILES string of the molecule is CCCCCCCCCCCC[n+]1ccn(C)c1CCCC. The molecule has 0 bridgehead atoms. The summed E-state index contributed by atoms with van der Waals surface area (Å²) in [4.78, 5) is 0. The van der Waals surface area contributed by atoms with Crippen LogP contribution in [0, 0.1) is 0 Å². The molecule has 0 amide bonds. The Morgan fingerprint density at radius 1 is 0.773 bits per heavy atom. The van der Waals surface area contributed by atoms with Gasteiger partial charge >= 0.3 is 0 Å². The normalized spacial score (nSPS) is 11.2. The summed E-state index contributed by atoms with van der Waals surface area (Å²) in [6, 6.07) is 0. The molecule has 0 fully saturated rings. The molecular weight excluding hydrogens is 268 g/mol. The Bertz CT molecular complexity index is 368. The van der Waals surface area contributed by atoms with Gasteiger partial charge in [0, 0.05) is 6.42 Å². The molecule has 22 heavy (non-hydrogen) atoms. The summed E-state index contributed by atoms with van der Waals surface area (Å²) >= 11 is 0. The van der Waals surface area contributed by atoms with Gasteiger partial charge in [0.05, 0.1) is 13.6 Å². The maximum Gasteiger partial charge on any atom is 0.256 e. The third-order valence-corrected chi connectivity index (χ3v) is 4.72. The molecule has 0 atom stereocenters. The van der Waals surface area contributed by atoms with Crippen molar-refractivity contribution in [2.24, 2.45) is 7.05 Å². The minimum Gasteiger partial charge on any atom is -0.237 e. The highest BCUT2D eigenvalue weighted by Gasteiger charge is 2.12. The molecule has 1 aromatic rings. The minimum absolute atomic E-state index is 1.20. The second kappa shape index (κ2) is 12.7. The Morgan fingerprint density at radius 3 is 1.91 bits per heavy atom. The fourth-order valence-electron chi connectivity index (χ4n) is 3.18. The van der Waals surface area contributed by atoms with E-state index >= 15 is 0 Å². The minimum atomic E-state index is 1.20. The summed E-state index contributed by atoms with van der Waals surface area (Å²) in [6.07, 6.45) is 22.4.